The van der Waals surface area contributed by atoms with Gasteiger partial charge in [0.05, 0.1) is 18.1 Å². The monoisotopic (exact) mass is 340 g/mol. The molecule has 1 N–H and O–H groups in total. The Bertz CT molecular complexity index is 767. The molecule has 0 unspecified atom stereocenters. The second-order valence-corrected chi connectivity index (χ2v) is 5.70. The lowest BCUT2D eigenvalue weighted by atomic mass is 10.1. The number of carbonyl (C=O) groups excluding carboxylic acids is 2. The Hall–Kier alpha value is -2.78. The lowest BCUT2D eigenvalue weighted by molar-refractivity contribution is -0.119. The van der Waals surface area contributed by atoms with E-state index in [1.165, 1.54) is 11.8 Å². The molecule has 0 saturated heterocycles. The molecule has 0 heterocycles. The van der Waals surface area contributed by atoms with Gasteiger partial charge in [0.1, 0.15) is 0 Å². The summed E-state index contributed by atoms with van der Waals surface area (Å²) in [7, 11) is 0. The summed E-state index contributed by atoms with van der Waals surface area (Å²) in [5.41, 5.74) is 1.90. The third kappa shape index (κ3) is 4.86. The lowest BCUT2D eigenvalue weighted by Crippen LogP contribution is -2.21. The maximum absolute atomic E-state index is 12.1. The van der Waals surface area contributed by atoms with Crippen molar-refractivity contribution in [1.29, 1.82) is 5.26 Å². The van der Waals surface area contributed by atoms with E-state index in [1.54, 1.807) is 36.4 Å². The molecule has 0 aliphatic rings. The molecule has 0 bridgehead atoms. The highest BCUT2D eigenvalue weighted by molar-refractivity contribution is 7.98. The predicted octanol–water partition coefficient (Wildman–Crippen LogP) is 3.27. The number of anilines is 1. The average Bonchev–Trinajstić information content (AvgIpc) is 2.61. The zero-order valence-electron chi connectivity index (χ0n) is 13.1. The summed E-state index contributed by atoms with van der Waals surface area (Å²) in [4.78, 5) is 24.7. The molecule has 0 radical (unpaired) electrons. The number of rotatable bonds is 6. The first kappa shape index (κ1) is 17.6. The number of thioether (sulfide) groups is 1. The fourth-order valence-electron chi connectivity index (χ4n) is 2.02. The number of nitrogens with one attached hydrogen (secondary N) is 1. The van der Waals surface area contributed by atoms with Crippen LogP contribution in [0, 0.1) is 11.3 Å². The Balaban J connectivity index is 1.88. The van der Waals surface area contributed by atoms with Crippen LogP contribution in [0.3, 0.4) is 0 Å². The van der Waals surface area contributed by atoms with Crippen molar-refractivity contribution in [2.45, 2.75) is 11.3 Å². The first-order chi connectivity index (χ1) is 11.6. The molecule has 0 aliphatic heterocycles. The third-order valence-electron chi connectivity index (χ3n) is 3.18. The fourth-order valence-corrected chi connectivity index (χ4v) is 2.60. The van der Waals surface area contributed by atoms with Crippen LogP contribution in [0.25, 0.3) is 0 Å². The molecule has 2 rings (SSSR count). The Morgan fingerprint density at radius 2 is 1.88 bits per heavy atom. The van der Waals surface area contributed by atoms with Gasteiger partial charge in [-0.2, -0.15) is 5.26 Å². The first-order valence-corrected chi connectivity index (χ1v) is 8.42. The van der Waals surface area contributed by atoms with Gasteiger partial charge >= 0.3 is 5.97 Å². The maximum Gasteiger partial charge on any atom is 0.339 e. The van der Waals surface area contributed by atoms with Crippen molar-refractivity contribution in [2.75, 3.05) is 18.2 Å². The zero-order chi connectivity index (χ0) is 17.4. The Morgan fingerprint density at radius 1 is 1.17 bits per heavy atom. The second kappa shape index (κ2) is 8.75. The molecule has 2 aromatic rings. The minimum atomic E-state index is -0.528. The van der Waals surface area contributed by atoms with E-state index in [1.807, 2.05) is 18.4 Å². The molecule has 24 heavy (non-hydrogen) atoms. The summed E-state index contributed by atoms with van der Waals surface area (Å²) >= 11 is 1.44. The van der Waals surface area contributed by atoms with Crippen molar-refractivity contribution in [3.63, 3.8) is 0 Å². The van der Waals surface area contributed by atoms with Gasteiger partial charge < -0.3 is 10.1 Å². The van der Waals surface area contributed by atoms with E-state index in [0.29, 0.717) is 17.7 Å². The fraction of sp³-hybridized carbons (Fsp3) is 0.167. The molecule has 0 fully saturated rings. The standard InChI is InChI=1S/C18H16N2O3S/c1-24-16-5-3-2-4-15(16)18(22)23-12-17(21)20-14-8-6-13(7-9-14)10-11-19/h2-9H,10,12H2,1H3,(H,20,21). The SMILES string of the molecule is CSc1ccccc1C(=O)OCC(=O)Nc1ccc(CC#N)cc1. The van der Waals surface area contributed by atoms with E-state index < -0.39 is 11.9 Å². The summed E-state index contributed by atoms with van der Waals surface area (Å²) in [5.74, 6) is -0.947. The first-order valence-electron chi connectivity index (χ1n) is 7.20. The van der Waals surface area contributed by atoms with Crippen LogP contribution in [0.4, 0.5) is 5.69 Å². The normalized spacial score (nSPS) is 9.83. The van der Waals surface area contributed by atoms with Crippen molar-refractivity contribution in [2.24, 2.45) is 0 Å². The van der Waals surface area contributed by atoms with Gasteiger partial charge in [0.2, 0.25) is 0 Å². The number of ether oxygens (including phenoxy) is 1. The highest BCUT2D eigenvalue weighted by Crippen LogP contribution is 2.20. The van der Waals surface area contributed by atoms with Crippen LogP contribution >= 0.6 is 11.8 Å². The minimum Gasteiger partial charge on any atom is -0.452 e. The number of nitriles is 1. The number of amides is 1. The van der Waals surface area contributed by atoms with Gasteiger partial charge in [-0.05, 0) is 36.1 Å². The lowest BCUT2D eigenvalue weighted by Gasteiger charge is -2.09. The summed E-state index contributed by atoms with van der Waals surface area (Å²) in [6.45, 7) is -0.360. The summed E-state index contributed by atoms with van der Waals surface area (Å²) in [5, 5.41) is 11.3. The van der Waals surface area contributed by atoms with Crippen LogP contribution in [0.2, 0.25) is 0 Å². The van der Waals surface area contributed by atoms with E-state index in [0.717, 1.165) is 10.5 Å². The van der Waals surface area contributed by atoms with Gasteiger partial charge in [0.15, 0.2) is 6.61 Å². The number of benzene rings is 2. The molecule has 0 aliphatic carbocycles. The average molecular weight is 340 g/mol. The molecule has 1 amide bonds. The van der Waals surface area contributed by atoms with Crippen LogP contribution in [0.15, 0.2) is 53.4 Å². The highest BCUT2D eigenvalue weighted by Gasteiger charge is 2.13. The third-order valence-corrected chi connectivity index (χ3v) is 3.98. The molecule has 5 nitrogen and oxygen atoms in total. The van der Waals surface area contributed by atoms with Crippen molar-refractivity contribution in [3.8, 4) is 6.07 Å². The number of carbonyl (C=O) groups is 2. The Morgan fingerprint density at radius 3 is 2.54 bits per heavy atom. The van der Waals surface area contributed by atoms with Crippen molar-refractivity contribution >= 4 is 29.3 Å². The maximum atomic E-state index is 12.1. The van der Waals surface area contributed by atoms with Crippen molar-refractivity contribution < 1.29 is 14.3 Å². The Labute approximate surface area is 144 Å². The van der Waals surface area contributed by atoms with E-state index in [2.05, 4.69) is 11.4 Å². The van der Waals surface area contributed by atoms with Crippen molar-refractivity contribution in [1.82, 2.24) is 0 Å². The molecule has 6 heteroatoms. The Kier molecular flexibility index (Phi) is 6.41. The van der Waals surface area contributed by atoms with Gasteiger partial charge in [-0.25, -0.2) is 4.79 Å². The topological polar surface area (TPSA) is 79.2 Å². The smallest absolute Gasteiger partial charge is 0.339 e. The molecular formula is C18H16N2O3S. The highest BCUT2D eigenvalue weighted by atomic mass is 32.2. The van der Waals surface area contributed by atoms with Crippen LogP contribution in [-0.4, -0.2) is 24.7 Å². The van der Waals surface area contributed by atoms with Gasteiger partial charge in [-0.15, -0.1) is 11.8 Å². The van der Waals surface area contributed by atoms with Crippen LogP contribution in [0.5, 0.6) is 0 Å². The molecule has 0 spiro atoms. The van der Waals surface area contributed by atoms with Gasteiger partial charge in [0, 0.05) is 10.6 Å². The molecule has 122 valence electrons. The van der Waals surface area contributed by atoms with E-state index >= 15 is 0 Å². The number of hydrogen-bond donors (Lipinski definition) is 1. The molecular weight excluding hydrogens is 324 g/mol. The quantitative estimate of drug-likeness (QED) is 0.645. The van der Waals surface area contributed by atoms with Crippen LogP contribution in [-0.2, 0) is 16.0 Å². The molecule has 2 aromatic carbocycles. The number of hydrogen-bond acceptors (Lipinski definition) is 5. The molecule has 0 atom stereocenters. The molecule has 0 aromatic heterocycles. The second-order valence-electron chi connectivity index (χ2n) is 4.86. The summed E-state index contributed by atoms with van der Waals surface area (Å²) < 4.78 is 5.06. The van der Waals surface area contributed by atoms with Crippen molar-refractivity contribution in [3.05, 3.63) is 59.7 Å². The largest absolute Gasteiger partial charge is 0.452 e. The molecule has 0 saturated carbocycles. The van der Waals surface area contributed by atoms with Gasteiger partial charge in [0.25, 0.3) is 5.91 Å². The predicted molar refractivity (Wildman–Crippen MR) is 92.9 cm³/mol. The van der Waals surface area contributed by atoms with E-state index in [-0.39, 0.29) is 6.61 Å². The summed E-state index contributed by atoms with van der Waals surface area (Å²) in [6.07, 6.45) is 2.19. The van der Waals surface area contributed by atoms with Gasteiger partial charge in [-0.1, -0.05) is 24.3 Å². The van der Waals surface area contributed by atoms with Crippen LogP contribution < -0.4 is 5.32 Å². The summed E-state index contributed by atoms with van der Waals surface area (Å²) in [6, 6.07) is 16.1. The van der Waals surface area contributed by atoms with E-state index in [9.17, 15) is 9.59 Å². The van der Waals surface area contributed by atoms with E-state index in [4.69, 9.17) is 10.00 Å². The zero-order valence-corrected chi connectivity index (χ0v) is 13.9. The number of esters is 1. The minimum absolute atomic E-state index is 0.320. The van der Waals surface area contributed by atoms with Gasteiger partial charge in [-0.3, -0.25) is 4.79 Å². The van der Waals surface area contributed by atoms with Crippen LogP contribution in [0.1, 0.15) is 15.9 Å². The number of nitrogens with zero attached hydrogens (tertiary/aromatic N) is 1.